The van der Waals surface area contributed by atoms with Crippen LogP contribution >= 0.6 is 0 Å². The van der Waals surface area contributed by atoms with E-state index in [0.29, 0.717) is 12.3 Å². The standard InChI is InChI=1S/C20H34O3/c1-14(12-17(22)13-15(2)10-11-21)6-8-18-16(3)7-9-19(23)20(18,4)5/h10,12,17-19,21-23H,3,6-9,11,13H2,1-2,4-5H3/b14-12+,15-10+/t17-,18+,19-/m1/s1. The summed E-state index contributed by atoms with van der Waals surface area (Å²) in [5.41, 5.74) is 3.27. The lowest BCUT2D eigenvalue weighted by atomic mass is 9.63. The molecule has 0 aromatic heterocycles. The maximum atomic E-state index is 10.3. The molecule has 3 heteroatoms. The number of allylic oxidation sites excluding steroid dienone is 2. The molecule has 1 aliphatic carbocycles. The summed E-state index contributed by atoms with van der Waals surface area (Å²) < 4.78 is 0. The minimum absolute atomic E-state index is 0.0163. The average Bonchev–Trinajstić information content (AvgIpc) is 2.43. The first-order valence-corrected chi connectivity index (χ1v) is 8.66. The first kappa shape index (κ1) is 20.1. The Bertz CT molecular complexity index is 460. The van der Waals surface area contributed by atoms with Gasteiger partial charge in [-0.1, -0.05) is 49.3 Å². The lowest BCUT2D eigenvalue weighted by molar-refractivity contribution is -0.00882. The van der Waals surface area contributed by atoms with Gasteiger partial charge in [0, 0.05) is 0 Å². The predicted octanol–water partition coefficient (Wildman–Crippen LogP) is 3.76. The van der Waals surface area contributed by atoms with Gasteiger partial charge in [-0.3, -0.25) is 0 Å². The second-order valence-electron chi connectivity index (χ2n) is 7.64. The number of aliphatic hydroxyl groups is 3. The molecule has 0 aromatic carbocycles. The largest absolute Gasteiger partial charge is 0.393 e. The highest BCUT2D eigenvalue weighted by Gasteiger charge is 2.40. The van der Waals surface area contributed by atoms with Gasteiger partial charge in [0.25, 0.3) is 0 Å². The summed E-state index contributed by atoms with van der Waals surface area (Å²) in [7, 11) is 0. The number of aliphatic hydroxyl groups excluding tert-OH is 3. The van der Waals surface area contributed by atoms with Crippen molar-refractivity contribution in [2.45, 2.75) is 72.0 Å². The van der Waals surface area contributed by atoms with E-state index in [4.69, 9.17) is 5.11 Å². The molecule has 0 aliphatic heterocycles. The van der Waals surface area contributed by atoms with E-state index in [0.717, 1.165) is 36.8 Å². The van der Waals surface area contributed by atoms with Crippen LogP contribution in [0.4, 0.5) is 0 Å². The summed E-state index contributed by atoms with van der Waals surface area (Å²) in [6.45, 7) is 12.4. The molecule has 0 aromatic rings. The first-order valence-electron chi connectivity index (χ1n) is 8.66. The van der Waals surface area contributed by atoms with Crippen molar-refractivity contribution in [1.82, 2.24) is 0 Å². The highest BCUT2D eigenvalue weighted by Crippen LogP contribution is 2.45. The molecular formula is C20H34O3. The van der Waals surface area contributed by atoms with E-state index in [9.17, 15) is 10.2 Å². The molecular weight excluding hydrogens is 288 g/mol. The van der Waals surface area contributed by atoms with E-state index in [1.807, 2.05) is 19.9 Å². The van der Waals surface area contributed by atoms with Gasteiger partial charge in [0.1, 0.15) is 0 Å². The van der Waals surface area contributed by atoms with Gasteiger partial charge in [-0.05, 0) is 57.3 Å². The molecule has 0 saturated heterocycles. The minimum Gasteiger partial charge on any atom is -0.393 e. The van der Waals surface area contributed by atoms with Gasteiger partial charge in [0.15, 0.2) is 0 Å². The van der Waals surface area contributed by atoms with Crippen LogP contribution in [0.25, 0.3) is 0 Å². The molecule has 3 N–H and O–H groups in total. The van der Waals surface area contributed by atoms with Crippen molar-refractivity contribution >= 4 is 0 Å². The number of rotatable bonds is 7. The quantitative estimate of drug-likeness (QED) is 0.626. The van der Waals surface area contributed by atoms with Gasteiger partial charge in [0.05, 0.1) is 18.8 Å². The van der Waals surface area contributed by atoms with Crippen LogP contribution in [-0.4, -0.2) is 34.1 Å². The van der Waals surface area contributed by atoms with Crippen molar-refractivity contribution in [1.29, 1.82) is 0 Å². The molecule has 3 nitrogen and oxygen atoms in total. The summed E-state index contributed by atoms with van der Waals surface area (Å²) in [4.78, 5) is 0. The fraction of sp³-hybridized carbons (Fsp3) is 0.700. The zero-order valence-electron chi connectivity index (χ0n) is 15.2. The first-order chi connectivity index (χ1) is 10.7. The molecule has 0 radical (unpaired) electrons. The van der Waals surface area contributed by atoms with Crippen LogP contribution in [-0.2, 0) is 0 Å². The Hall–Kier alpha value is -0.900. The van der Waals surface area contributed by atoms with Gasteiger partial charge >= 0.3 is 0 Å². The summed E-state index contributed by atoms with van der Waals surface area (Å²) in [6.07, 6.45) is 7.00. The topological polar surface area (TPSA) is 60.7 Å². The zero-order valence-corrected chi connectivity index (χ0v) is 15.2. The summed E-state index contributed by atoms with van der Waals surface area (Å²) in [6, 6.07) is 0. The molecule has 0 unspecified atom stereocenters. The Morgan fingerprint density at radius 3 is 2.61 bits per heavy atom. The normalized spacial score (nSPS) is 27.2. The molecule has 0 amide bonds. The average molecular weight is 322 g/mol. The maximum Gasteiger partial charge on any atom is 0.0760 e. The number of hydrogen-bond donors (Lipinski definition) is 3. The van der Waals surface area contributed by atoms with Crippen LogP contribution in [0.3, 0.4) is 0 Å². The van der Waals surface area contributed by atoms with Gasteiger partial charge < -0.3 is 15.3 Å². The van der Waals surface area contributed by atoms with Crippen LogP contribution < -0.4 is 0 Å². The molecule has 1 aliphatic rings. The molecule has 1 rings (SSSR count). The van der Waals surface area contributed by atoms with E-state index < -0.39 is 6.10 Å². The minimum atomic E-state index is -0.508. The van der Waals surface area contributed by atoms with Crippen molar-refractivity contribution in [3.8, 4) is 0 Å². The van der Waals surface area contributed by atoms with Crippen LogP contribution in [0.1, 0.15) is 59.8 Å². The second-order valence-corrected chi connectivity index (χ2v) is 7.64. The lowest BCUT2D eigenvalue weighted by Gasteiger charge is -2.44. The maximum absolute atomic E-state index is 10.3. The zero-order chi connectivity index (χ0) is 17.6. The fourth-order valence-electron chi connectivity index (χ4n) is 3.61. The molecule has 132 valence electrons. The van der Waals surface area contributed by atoms with Crippen molar-refractivity contribution in [2.24, 2.45) is 11.3 Å². The Morgan fingerprint density at radius 2 is 2.00 bits per heavy atom. The van der Waals surface area contributed by atoms with Crippen molar-refractivity contribution < 1.29 is 15.3 Å². The summed E-state index contributed by atoms with van der Waals surface area (Å²) in [5, 5.41) is 29.2. The third kappa shape index (κ3) is 5.91. The summed E-state index contributed by atoms with van der Waals surface area (Å²) >= 11 is 0. The smallest absolute Gasteiger partial charge is 0.0760 e. The van der Waals surface area contributed by atoms with Crippen LogP contribution in [0.2, 0.25) is 0 Å². The summed E-state index contributed by atoms with van der Waals surface area (Å²) in [5.74, 6) is 0.322. The predicted molar refractivity (Wildman–Crippen MR) is 96.1 cm³/mol. The highest BCUT2D eigenvalue weighted by molar-refractivity contribution is 5.14. The van der Waals surface area contributed by atoms with E-state index in [2.05, 4.69) is 20.4 Å². The monoisotopic (exact) mass is 322 g/mol. The third-order valence-corrected chi connectivity index (χ3v) is 5.26. The van der Waals surface area contributed by atoms with E-state index in [-0.39, 0.29) is 18.1 Å². The Morgan fingerprint density at radius 1 is 1.35 bits per heavy atom. The fourth-order valence-corrected chi connectivity index (χ4v) is 3.61. The van der Waals surface area contributed by atoms with Crippen LogP contribution in [0.5, 0.6) is 0 Å². The third-order valence-electron chi connectivity index (χ3n) is 5.26. The molecule has 23 heavy (non-hydrogen) atoms. The Balaban J connectivity index is 2.60. The molecule has 1 fully saturated rings. The van der Waals surface area contributed by atoms with E-state index >= 15 is 0 Å². The van der Waals surface area contributed by atoms with Gasteiger partial charge in [-0.25, -0.2) is 0 Å². The molecule has 0 heterocycles. The van der Waals surface area contributed by atoms with E-state index in [1.165, 1.54) is 5.57 Å². The van der Waals surface area contributed by atoms with E-state index in [1.54, 1.807) is 6.08 Å². The second kappa shape index (κ2) is 8.81. The van der Waals surface area contributed by atoms with Crippen molar-refractivity contribution in [3.05, 3.63) is 35.5 Å². The Kier molecular flexibility index (Phi) is 7.72. The van der Waals surface area contributed by atoms with Crippen LogP contribution in [0.15, 0.2) is 35.5 Å². The molecule has 0 bridgehead atoms. The molecule has 1 saturated carbocycles. The Labute approximate surface area is 141 Å². The van der Waals surface area contributed by atoms with Gasteiger partial charge in [-0.2, -0.15) is 0 Å². The van der Waals surface area contributed by atoms with Crippen molar-refractivity contribution in [3.63, 3.8) is 0 Å². The molecule has 3 atom stereocenters. The van der Waals surface area contributed by atoms with Gasteiger partial charge in [-0.15, -0.1) is 0 Å². The molecule has 0 spiro atoms. The lowest BCUT2D eigenvalue weighted by Crippen LogP contribution is -2.41. The van der Waals surface area contributed by atoms with Gasteiger partial charge in [0.2, 0.25) is 0 Å². The van der Waals surface area contributed by atoms with Crippen molar-refractivity contribution in [2.75, 3.05) is 6.61 Å². The highest BCUT2D eigenvalue weighted by atomic mass is 16.3. The SMILES string of the molecule is C=C1CC[C@@H](O)C(C)(C)[C@H]1CC/C(C)=C/[C@@H](O)C/C(C)=C/CO. The number of hydrogen-bond acceptors (Lipinski definition) is 3. The van der Waals surface area contributed by atoms with Crippen LogP contribution in [0, 0.1) is 11.3 Å².